The maximum absolute atomic E-state index is 3.26. The number of rotatable bonds is 0. The van der Waals surface area contributed by atoms with Crippen LogP contribution in [0.4, 0.5) is 0 Å². The molecule has 170 valence electrons. The maximum atomic E-state index is 3.26. The van der Waals surface area contributed by atoms with Crippen LogP contribution in [0.15, 0.2) is 72.3 Å². The van der Waals surface area contributed by atoms with Crippen LogP contribution in [0.1, 0.15) is 59.8 Å². The van der Waals surface area contributed by atoms with Gasteiger partial charge in [0.25, 0.3) is 0 Å². The van der Waals surface area contributed by atoms with Gasteiger partial charge in [0.1, 0.15) is 0 Å². The van der Waals surface area contributed by atoms with E-state index in [0.29, 0.717) is 11.3 Å². The summed E-state index contributed by atoms with van der Waals surface area (Å²) in [5, 5.41) is 5.39. The summed E-state index contributed by atoms with van der Waals surface area (Å²) in [6, 6.07) is 19.3. The molecule has 0 amide bonds. The summed E-state index contributed by atoms with van der Waals surface area (Å²) in [6.07, 6.45) is 15.0. The van der Waals surface area contributed by atoms with E-state index >= 15 is 0 Å². The van der Waals surface area contributed by atoms with E-state index in [1.807, 2.05) is 0 Å². The van der Waals surface area contributed by atoms with Crippen molar-refractivity contribution in [3.05, 3.63) is 78.4 Å². The Bertz CT molecular complexity index is 991. The molecule has 32 heavy (non-hydrogen) atoms. The summed E-state index contributed by atoms with van der Waals surface area (Å²) in [6.45, 7) is 8.86. The fraction of sp³-hybridized carbons (Fsp3) is 0.379. The summed E-state index contributed by atoms with van der Waals surface area (Å²) < 4.78 is 1.80. The molecular formula is C29H34Cl2Zr-2. The summed E-state index contributed by atoms with van der Waals surface area (Å²) in [7, 11) is 0. The molecular weight excluding hydrogens is 510 g/mol. The molecule has 0 saturated heterocycles. The van der Waals surface area contributed by atoms with Crippen LogP contribution in [-0.4, -0.2) is 3.21 Å². The van der Waals surface area contributed by atoms with Crippen LogP contribution in [0.25, 0.3) is 21.5 Å². The Morgan fingerprint density at radius 1 is 0.844 bits per heavy atom. The Morgan fingerprint density at radius 2 is 1.34 bits per heavy atom. The molecule has 3 heteroatoms. The van der Waals surface area contributed by atoms with E-state index < -0.39 is 0 Å². The summed E-state index contributed by atoms with van der Waals surface area (Å²) in [4.78, 5) is 0. The third-order valence-corrected chi connectivity index (χ3v) is 7.01. The van der Waals surface area contributed by atoms with E-state index in [1.165, 1.54) is 59.2 Å². The zero-order chi connectivity index (χ0) is 21.6. The van der Waals surface area contributed by atoms with Gasteiger partial charge in [-0.05, 0) is 0 Å². The third-order valence-electron chi connectivity index (χ3n) is 5.78. The standard InChI is InChI=1S/C13H9.C10H15.C6H10.2ClH.Zr/c1-3-7-12-10(5-1)9-11-6-2-4-8-13(11)12;1-8-5-6-9(7-8)10(2,3)4;1-2-4-6-5-3-1;;;/h1-9H;6-8H,1-4H3;1-5H2;2*1H;/q2*-1;;;;+2/p-2. The van der Waals surface area contributed by atoms with Gasteiger partial charge in [-0.1, -0.05) is 75.4 Å². The van der Waals surface area contributed by atoms with Crippen LogP contribution in [-0.2, 0) is 24.2 Å². The van der Waals surface area contributed by atoms with Crippen molar-refractivity contribution in [3.63, 3.8) is 0 Å². The Labute approximate surface area is 222 Å². The quantitative estimate of drug-likeness (QED) is 0.382. The fourth-order valence-electron chi connectivity index (χ4n) is 3.94. The average Bonchev–Trinajstić information content (AvgIpc) is 3.33. The van der Waals surface area contributed by atoms with Crippen molar-refractivity contribution in [2.45, 2.75) is 59.8 Å². The van der Waals surface area contributed by atoms with Gasteiger partial charge in [-0.25, -0.2) is 6.08 Å². The number of halogens is 2. The Morgan fingerprint density at radius 3 is 1.69 bits per heavy atom. The van der Waals surface area contributed by atoms with Crippen molar-refractivity contribution in [3.8, 4) is 0 Å². The molecule has 3 aromatic rings. The van der Waals surface area contributed by atoms with E-state index in [0.717, 1.165) is 0 Å². The zero-order valence-corrected chi connectivity index (χ0v) is 23.7. The van der Waals surface area contributed by atoms with Crippen molar-refractivity contribution >= 4 is 24.8 Å². The van der Waals surface area contributed by atoms with Gasteiger partial charge in [0, 0.05) is 0 Å². The molecule has 0 N–H and O–H groups in total. The van der Waals surface area contributed by atoms with E-state index in [9.17, 15) is 0 Å². The van der Waals surface area contributed by atoms with Crippen LogP contribution in [0.2, 0.25) is 0 Å². The molecule has 2 aliphatic carbocycles. The second kappa shape index (κ2) is 13.7. The molecule has 0 radical (unpaired) electrons. The first-order valence-electron chi connectivity index (χ1n) is 11.3. The molecule has 0 bridgehead atoms. The number of hydrogen-bond acceptors (Lipinski definition) is 0. The maximum Gasteiger partial charge on any atom is -0.0771 e. The van der Waals surface area contributed by atoms with Crippen molar-refractivity contribution in [1.29, 1.82) is 0 Å². The molecule has 0 aromatic heterocycles. The molecule has 1 saturated carbocycles. The van der Waals surface area contributed by atoms with Crippen LogP contribution >= 0.6 is 0 Å². The van der Waals surface area contributed by atoms with Gasteiger partial charge in [-0.3, -0.25) is 6.08 Å². The molecule has 0 heterocycles. The molecule has 0 nitrogen and oxygen atoms in total. The second-order valence-electron chi connectivity index (χ2n) is 9.45. The van der Waals surface area contributed by atoms with E-state index in [4.69, 9.17) is 0 Å². The number of hydrogen-bond donors (Lipinski definition) is 0. The van der Waals surface area contributed by atoms with E-state index in [-0.39, 0.29) is 24.8 Å². The van der Waals surface area contributed by atoms with Gasteiger partial charge < -0.3 is 24.8 Å². The fourth-order valence-corrected chi connectivity index (χ4v) is 4.80. The molecule has 5 rings (SSSR count). The smallest absolute Gasteiger partial charge is 0.0771 e. The van der Waals surface area contributed by atoms with Gasteiger partial charge >= 0.3 is 59.5 Å². The van der Waals surface area contributed by atoms with E-state index in [1.54, 1.807) is 27.4 Å². The largest absolute Gasteiger partial charge is 0.126 e. The normalized spacial score (nSPS) is 17.4. The number of fused-ring (bicyclic) bond motifs is 3. The predicted octanol–water partition coefficient (Wildman–Crippen LogP) is 2.36. The first kappa shape index (κ1) is 29.2. The van der Waals surface area contributed by atoms with Crippen molar-refractivity contribution in [2.24, 2.45) is 11.3 Å². The van der Waals surface area contributed by atoms with Gasteiger partial charge in [-0.15, -0.1) is 39.7 Å². The Kier molecular flexibility index (Phi) is 12.5. The SMILES string of the molecule is CC1[C-]=CC(C(C)(C)C)=C1.[Cl-].[Cl-].[Zr+2]=[C]1CCCCC1.c1ccc2c(c1)[cH-]c1ccccc12. The summed E-state index contributed by atoms with van der Waals surface area (Å²) in [5.41, 5.74) is 1.72. The van der Waals surface area contributed by atoms with E-state index in [2.05, 4.69) is 101 Å². The van der Waals surface area contributed by atoms with Gasteiger partial charge in [-0.2, -0.15) is 11.6 Å². The topological polar surface area (TPSA) is 0 Å². The van der Waals surface area contributed by atoms with Crippen LogP contribution in [0.3, 0.4) is 0 Å². The molecule has 3 aromatic carbocycles. The van der Waals surface area contributed by atoms with Crippen LogP contribution < -0.4 is 24.8 Å². The molecule has 1 unspecified atom stereocenters. The monoisotopic (exact) mass is 542 g/mol. The number of allylic oxidation sites excluding steroid dienone is 4. The average molecular weight is 545 g/mol. The first-order chi connectivity index (χ1) is 14.3. The predicted molar refractivity (Wildman–Crippen MR) is 130 cm³/mol. The Balaban J connectivity index is 0.000000244. The molecule has 1 fully saturated rings. The van der Waals surface area contributed by atoms with Gasteiger partial charge in [0.15, 0.2) is 0 Å². The van der Waals surface area contributed by atoms with Crippen LogP contribution in [0, 0.1) is 17.4 Å². The molecule has 1 atom stereocenters. The second-order valence-corrected chi connectivity index (χ2v) is 11.2. The minimum absolute atomic E-state index is 0. The van der Waals surface area contributed by atoms with Crippen molar-refractivity contribution < 1.29 is 49.0 Å². The summed E-state index contributed by atoms with van der Waals surface area (Å²) in [5.74, 6) is 0.522. The molecule has 0 spiro atoms. The van der Waals surface area contributed by atoms with Gasteiger partial charge in [0.05, 0.1) is 0 Å². The zero-order valence-electron chi connectivity index (χ0n) is 19.7. The molecule has 2 aliphatic rings. The first-order valence-corrected chi connectivity index (χ1v) is 12.5. The Hall–Kier alpha value is -0.877. The summed E-state index contributed by atoms with van der Waals surface area (Å²) >= 11 is 1.69. The van der Waals surface area contributed by atoms with Gasteiger partial charge in [0.2, 0.25) is 0 Å². The number of benzene rings is 2. The third kappa shape index (κ3) is 8.48. The van der Waals surface area contributed by atoms with Crippen molar-refractivity contribution in [2.75, 3.05) is 0 Å². The minimum Gasteiger partial charge on any atom is -0.126 e. The van der Waals surface area contributed by atoms with Crippen molar-refractivity contribution in [1.82, 2.24) is 0 Å². The minimum atomic E-state index is 0. The van der Waals surface area contributed by atoms with Crippen LogP contribution in [0.5, 0.6) is 0 Å². The molecule has 0 aliphatic heterocycles.